The number of nitrogens with one attached hydrogen (secondary N) is 2. The summed E-state index contributed by atoms with van der Waals surface area (Å²) in [4.78, 5) is 24.2. The number of piperidine rings is 1. The van der Waals surface area contributed by atoms with E-state index in [0.29, 0.717) is 39.2 Å². The van der Waals surface area contributed by atoms with Gasteiger partial charge in [0, 0.05) is 42.3 Å². The van der Waals surface area contributed by atoms with Crippen molar-refractivity contribution in [3.05, 3.63) is 72.6 Å². The lowest BCUT2D eigenvalue weighted by molar-refractivity contribution is 0.220. The Bertz CT molecular complexity index is 1800. The van der Waals surface area contributed by atoms with Gasteiger partial charge in [0.15, 0.2) is 11.5 Å². The van der Waals surface area contributed by atoms with Crippen LogP contribution in [0.15, 0.2) is 61.2 Å². The fourth-order valence-corrected chi connectivity index (χ4v) is 5.30. The van der Waals surface area contributed by atoms with Crippen molar-refractivity contribution < 1.29 is 9.50 Å². The fourth-order valence-electron chi connectivity index (χ4n) is 5.30. The molecule has 0 unspecified atom stereocenters. The molecule has 39 heavy (non-hydrogen) atoms. The number of fused-ring (bicyclic) bond motifs is 2. The van der Waals surface area contributed by atoms with Gasteiger partial charge in [-0.3, -0.25) is 20.0 Å². The van der Waals surface area contributed by atoms with E-state index in [4.69, 9.17) is 9.97 Å². The quantitative estimate of drug-likeness (QED) is 0.276. The molecule has 0 spiro atoms. The van der Waals surface area contributed by atoms with Gasteiger partial charge in [-0.1, -0.05) is 6.42 Å². The van der Waals surface area contributed by atoms with Gasteiger partial charge in [-0.25, -0.2) is 14.4 Å². The molecule has 1 aliphatic heterocycles. The molecule has 7 rings (SSSR count). The van der Waals surface area contributed by atoms with Gasteiger partial charge in [0.05, 0.1) is 28.4 Å². The lowest BCUT2D eigenvalue weighted by atomic mass is 10.1. The number of nitrogens with zero attached hydrogens (tertiary/aromatic N) is 6. The molecule has 6 aromatic rings. The molecule has 1 saturated heterocycles. The van der Waals surface area contributed by atoms with Crippen LogP contribution < -0.4 is 0 Å². The van der Waals surface area contributed by atoms with Crippen LogP contribution >= 0.6 is 0 Å². The third-order valence-corrected chi connectivity index (χ3v) is 7.17. The summed E-state index contributed by atoms with van der Waals surface area (Å²) in [5.74, 6) is -0.197. The van der Waals surface area contributed by atoms with Crippen LogP contribution in [0.5, 0.6) is 5.75 Å². The van der Waals surface area contributed by atoms with E-state index in [2.05, 4.69) is 36.1 Å². The van der Waals surface area contributed by atoms with Crippen LogP contribution in [-0.2, 0) is 6.54 Å². The van der Waals surface area contributed by atoms with Crippen LogP contribution in [-0.4, -0.2) is 58.2 Å². The van der Waals surface area contributed by atoms with Gasteiger partial charge in [-0.2, -0.15) is 5.10 Å². The average molecular weight is 521 g/mol. The van der Waals surface area contributed by atoms with Crippen LogP contribution in [0, 0.1) is 5.82 Å². The summed E-state index contributed by atoms with van der Waals surface area (Å²) < 4.78 is 14.0. The van der Waals surface area contributed by atoms with E-state index in [1.54, 1.807) is 12.4 Å². The second-order valence-corrected chi connectivity index (χ2v) is 9.95. The van der Waals surface area contributed by atoms with Gasteiger partial charge in [0.25, 0.3) is 0 Å². The number of halogens is 1. The topological polar surface area (TPSA) is 120 Å². The summed E-state index contributed by atoms with van der Waals surface area (Å²) in [5, 5.41) is 17.4. The Labute approximate surface area is 222 Å². The average Bonchev–Trinajstić information content (AvgIpc) is 3.57. The number of hydrogen-bond acceptors (Lipinski definition) is 7. The number of aromatic hydroxyl groups is 1. The van der Waals surface area contributed by atoms with Crippen molar-refractivity contribution in [3.8, 4) is 39.7 Å². The molecule has 1 aliphatic rings. The lowest BCUT2D eigenvalue weighted by Gasteiger charge is -2.26. The summed E-state index contributed by atoms with van der Waals surface area (Å²) in [6.45, 7) is 3.14. The molecule has 9 nitrogen and oxygen atoms in total. The number of likely N-dealkylation sites (tertiary alicyclic amines) is 1. The number of H-pyrrole nitrogens is 2. The molecule has 0 saturated carbocycles. The number of benzene rings is 1. The van der Waals surface area contributed by atoms with Gasteiger partial charge in [-0.05, 0) is 67.4 Å². The maximum Gasteiger partial charge on any atom is 0.161 e. The summed E-state index contributed by atoms with van der Waals surface area (Å²) in [6, 6.07) is 9.96. The van der Waals surface area contributed by atoms with Gasteiger partial charge >= 0.3 is 0 Å². The maximum absolute atomic E-state index is 14.0. The Hall–Kier alpha value is -4.70. The molecule has 0 bridgehead atoms. The number of rotatable bonds is 5. The van der Waals surface area contributed by atoms with E-state index in [1.807, 2.05) is 24.5 Å². The van der Waals surface area contributed by atoms with E-state index in [1.165, 1.54) is 37.0 Å². The Balaban J connectivity index is 1.26. The second-order valence-electron chi connectivity index (χ2n) is 9.95. The van der Waals surface area contributed by atoms with Gasteiger partial charge < -0.3 is 10.1 Å². The minimum Gasteiger partial charge on any atom is -0.508 e. The number of imidazole rings is 1. The predicted octanol–water partition coefficient (Wildman–Crippen LogP) is 5.46. The zero-order chi connectivity index (χ0) is 26.3. The van der Waals surface area contributed by atoms with Crippen molar-refractivity contribution >= 4 is 22.1 Å². The largest absolute Gasteiger partial charge is 0.508 e. The summed E-state index contributed by atoms with van der Waals surface area (Å²) in [6.07, 6.45) is 10.8. The minimum absolute atomic E-state index is 0.165. The standard InChI is InChI=1S/C29H25FN8O/c30-20-9-18(10-21(39)11-20)22-14-32-15-25-26(22)35-29(34-25)28-27-24(36-37-28)5-4-23(33-27)19-8-17(12-31-13-19)16-38-6-2-1-3-7-38/h4-5,8-15,39H,1-3,6-7,16H2,(H,34,35)(H,36,37). The van der Waals surface area contributed by atoms with E-state index >= 15 is 0 Å². The SMILES string of the molecule is Oc1cc(F)cc(-c2cncc3[nH]c(-c4n[nH]c5ccc(-c6cncc(CN7CCCCC7)c6)nc45)nc23)c1. The van der Waals surface area contributed by atoms with Crippen LogP contribution in [0.4, 0.5) is 4.39 Å². The van der Waals surface area contributed by atoms with Gasteiger partial charge in [-0.15, -0.1) is 0 Å². The Morgan fingerprint density at radius 2 is 1.72 bits per heavy atom. The summed E-state index contributed by atoms with van der Waals surface area (Å²) >= 11 is 0. The van der Waals surface area contributed by atoms with Gasteiger partial charge in [0.1, 0.15) is 17.1 Å². The highest BCUT2D eigenvalue weighted by atomic mass is 19.1. The smallest absolute Gasteiger partial charge is 0.161 e. The summed E-state index contributed by atoms with van der Waals surface area (Å²) in [5.41, 5.74) is 7.25. The van der Waals surface area contributed by atoms with Crippen molar-refractivity contribution in [1.82, 2.24) is 40.0 Å². The monoisotopic (exact) mass is 520 g/mol. The number of hydrogen-bond donors (Lipinski definition) is 3. The Kier molecular flexibility index (Phi) is 5.74. The molecule has 6 heterocycles. The van der Waals surface area contributed by atoms with E-state index in [-0.39, 0.29) is 5.75 Å². The molecule has 3 N–H and O–H groups in total. The van der Waals surface area contributed by atoms with Crippen LogP contribution in [0.3, 0.4) is 0 Å². The number of phenolic OH excluding ortho intramolecular Hbond substituents is 1. The Morgan fingerprint density at radius 3 is 2.59 bits per heavy atom. The van der Waals surface area contributed by atoms with Crippen LogP contribution in [0.25, 0.3) is 56.0 Å². The van der Waals surface area contributed by atoms with Crippen molar-refractivity contribution in [2.45, 2.75) is 25.8 Å². The van der Waals surface area contributed by atoms with Crippen LogP contribution in [0.1, 0.15) is 24.8 Å². The van der Waals surface area contributed by atoms with Crippen molar-refractivity contribution in [3.63, 3.8) is 0 Å². The minimum atomic E-state index is -0.540. The number of pyridine rings is 3. The molecular formula is C29H25FN8O. The first-order chi connectivity index (χ1) is 19.1. The predicted molar refractivity (Wildman–Crippen MR) is 146 cm³/mol. The molecule has 1 fully saturated rings. The van der Waals surface area contributed by atoms with Gasteiger partial charge in [0.2, 0.25) is 0 Å². The molecule has 10 heteroatoms. The molecule has 1 aromatic carbocycles. The fraction of sp³-hybridized carbons (Fsp3) is 0.207. The second kappa shape index (κ2) is 9.55. The van der Waals surface area contributed by atoms with E-state index in [0.717, 1.165) is 42.5 Å². The first-order valence-electron chi connectivity index (χ1n) is 13.0. The highest BCUT2D eigenvalue weighted by molar-refractivity contribution is 5.95. The highest BCUT2D eigenvalue weighted by Crippen LogP contribution is 2.33. The zero-order valence-corrected chi connectivity index (χ0v) is 21.0. The molecular weight excluding hydrogens is 495 g/mol. The molecule has 0 aliphatic carbocycles. The molecule has 0 radical (unpaired) electrons. The third-order valence-electron chi connectivity index (χ3n) is 7.17. The van der Waals surface area contributed by atoms with Crippen molar-refractivity contribution in [2.24, 2.45) is 0 Å². The normalized spacial score (nSPS) is 14.4. The highest BCUT2D eigenvalue weighted by Gasteiger charge is 2.18. The molecule has 0 atom stereocenters. The molecule has 0 amide bonds. The maximum atomic E-state index is 14.0. The van der Waals surface area contributed by atoms with E-state index < -0.39 is 5.82 Å². The first-order valence-corrected chi connectivity index (χ1v) is 13.0. The molecule has 194 valence electrons. The lowest BCUT2D eigenvalue weighted by Crippen LogP contribution is -2.29. The van der Waals surface area contributed by atoms with E-state index in [9.17, 15) is 9.50 Å². The van der Waals surface area contributed by atoms with Crippen LogP contribution in [0.2, 0.25) is 0 Å². The number of aromatic nitrogens is 7. The number of phenols is 1. The summed E-state index contributed by atoms with van der Waals surface area (Å²) in [7, 11) is 0. The zero-order valence-electron chi connectivity index (χ0n) is 21.0. The van der Waals surface area contributed by atoms with Crippen molar-refractivity contribution in [1.29, 1.82) is 0 Å². The Morgan fingerprint density at radius 1 is 0.846 bits per heavy atom. The number of aromatic amines is 2. The van der Waals surface area contributed by atoms with Crippen molar-refractivity contribution in [2.75, 3.05) is 13.1 Å². The third kappa shape index (κ3) is 4.48. The molecule has 5 aromatic heterocycles. The first kappa shape index (κ1) is 23.4.